The molecule has 120 valence electrons. The van der Waals surface area contributed by atoms with Crippen molar-refractivity contribution in [2.75, 3.05) is 6.54 Å². The van der Waals surface area contributed by atoms with Crippen molar-refractivity contribution in [3.05, 3.63) is 60.1 Å². The van der Waals surface area contributed by atoms with E-state index in [4.69, 9.17) is 10.2 Å². The summed E-state index contributed by atoms with van der Waals surface area (Å²) in [5.74, 6) is 0.231. The first-order valence-electron chi connectivity index (χ1n) is 6.87. The van der Waals surface area contributed by atoms with Crippen LogP contribution < -0.4 is 5.73 Å². The van der Waals surface area contributed by atoms with Crippen LogP contribution in [0.2, 0.25) is 0 Å². The summed E-state index contributed by atoms with van der Waals surface area (Å²) in [4.78, 5) is 13.8. The number of furan rings is 1. The zero-order valence-corrected chi connectivity index (χ0v) is 13.2. The van der Waals surface area contributed by atoms with Crippen LogP contribution in [-0.4, -0.2) is 28.5 Å². The molecule has 1 unspecified atom stereocenters. The van der Waals surface area contributed by atoms with Crippen LogP contribution in [0.5, 0.6) is 0 Å². The van der Waals surface area contributed by atoms with Crippen LogP contribution in [0.1, 0.15) is 24.4 Å². The molecule has 1 aromatic heterocycles. The standard InChI is InChI=1S/C16H20N2O3.ClH/c1-12(17)16(20)18(10-13-6-3-2-4-7-13)11-14(19)15-8-5-9-21-15;/h2-9,12,14,19H,10-11,17H2,1H3;1H/t12-,14?;/m0./s1. The topological polar surface area (TPSA) is 79.7 Å². The van der Waals surface area contributed by atoms with Crippen LogP contribution in [0.3, 0.4) is 0 Å². The molecule has 0 fully saturated rings. The second kappa shape index (κ2) is 8.58. The molecule has 0 aliphatic carbocycles. The molecule has 5 nitrogen and oxygen atoms in total. The van der Waals surface area contributed by atoms with E-state index in [1.54, 1.807) is 24.0 Å². The average molecular weight is 325 g/mol. The fourth-order valence-electron chi connectivity index (χ4n) is 2.10. The first kappa shape index (κ1) is 18.2. The SMILES string of the molecule is C[C@H](N)C(=O)N(Cc1ccccc1)CC(O)c1ccco1.Cl. The largest absolute Gasteiger partial charge is 0.467 e. The minimum atomic E-state index is -0.869. The first-order valence-corrected chi connectivity index (χ1v) is 6.87. The third kappa shape index (κ3) is 4.87. The van der Waals surface area contributed by atoms with Crippen molar-refractivity contribution in [3.8, 4) is 0 Å². The van der Waals surface area contributed by atoms with E-state index in [9.17, 15) is 9.90 Å². The number of hydrogen-bond donors (Lipinski definition) is 2. The van der Waals surface area contributed by atoms with Crippen molar-refractivity contribution in [2.45, 2.75) is 25.6 Å². The Morgan fingerprint density at radius 2 is 1.95 bits per heavy atom. The maximum absolute atomic E-state index is 12.2. The van der Waals surface area contributed by atoms with E-state index < -0.39 is 12.1 Å². The molecule has 1 aromatic carbocycles. The lowest BCUT2D eigenvalue weighted by Crippen LogP contribution is -2.43. The van der Waals surface area contributed by atoms with Gasteiger partial charge in [0, 0.05) is 6.54 Å². The summed E-state index contributed by atoms with van der Waals surface area (Å²) >= 11 is 0. The molecule has 1 heterocycles. The minimum absolute atomic E-state index is 0. The van der Waals surface area contributed by atoms with E-state index in [-0.39, 0.29) is 24.9 Å². The summed E-state index contributed by atoms with van der Waals surface area (Å²) in [6, 6.07) is 12.4. The van der Waals surface area contributed by atoms with E-state index in [0.29, 0.717) is 12.3 Å². The predicted molar refractivity (Wildman–Crippen MR) is 86.4 cm³/mol. The van der Waals surface area contributed by atoms with Gasteiger partial charge in [-0.15, -0.1) is 12.4 Å². The molecule has 0 aliphatic heterocycles. The van der Waals surface area contributed by atoms with Gasteiger partial charge in [-0.3, -0.25) is 4.79 Å². The quantitative estimate of drug-likeness (QED) is 0.853. The number of carbonyl (C=O) groups is 1. The third-order valence-corrected chi connectivity index (χ3v) is 3.18. The Labute approximate surface area is 136 Å². The number of aliphatic hydroxyl groups excluding tert-OH is 1. The van der Waals surface area contributed by atoms with Gasteiger partial charge in [0.2, 0.25) is 5.91 Å². The molecule has 22 heavy (non-hydrogen) atoms. The van der Waals surface area contributed by atoms with Crippen molar-refractivity contribution in [3.63, 3.8) is 0 Å². The minimum Gasteiger partial charge on any atom is -0.467 e. The van der Waals surface area contributed by atoms with Gasteiger partial charge in [-0.05, 0) is 24.6 Å². The number of amides is 1. The lowest BCUT2D eigenvalue weighted by atomic mass is 10.1. The van der Waals surface area contributed by atoms with Gasteiger partial charge < -0.3 is 20.2 Å². The summed E-state index contributed by atoms with van der Waals surface area (Å²) in [5.41, 5.74) is 6.67. The van der Waals surface area contributed by atoms with Gasteiger partial charge >= 0.3 is 0 Å². The van der Waals surface area contributed by atoms with E-state index >= 15 is 0 Å². The summed E-state index contributed by atoms with van der Waals surface area (Å²) in [6.07, 6.45) is 0.624. The van der Waals surface area contributed by atoms with Crippen LogP contribution in [0.4, 0.5) is 0 Å². The summed E-state index contributed by atoms with van der Waals surface area (Å²) in [7, 11) is 0. The fraction of sp³-hybridized carbons (Fsp3) is 0.312. The summed E-state index contributed by atoms with van der Waals surface area (Å²) < 4.78 is 5.17. The Bertz CT molecular complexity index is 558. The molecule has 2 aromatic rings. The summed E-state index contributed by atoms with van der Waals surface area (Å²) in [6.45, 7) is 2.18. The van der Waals surface area contributed by atoms with Gasteiger partial charge in [-0.25, -0.2) is 0 Å². The molecule has 0 aliphatic rings. The predicted octanol–water partition coefficient (Wildman–Crippen LogP) is 2.11. The number of nitrogens with two attached hydrogens (primary N) is 1. The fourth-order valence-corrected chi connectivity index (χ4v) is 2.10. The van der Waals surface area contributed by atoms with Crippen molar-refractivity contribution in [1.82, 2.24) is 4.90 Å². The van der Waals surface area contributed by atoms with Gasteiger partial charge in [0.25, 0.3) is 0 Å². The smallest absolute Gasteiger partial charge is 0.239 e. The highest BCUT2D eigenvalue weighted by Crippen LogP contribution is 2.16. The first-order chi connectivity index (χ1) is 10.1. The van der Waals surface area contributed by atoms with Crippen molar-refractivity contribution < 1.29 is 14.3 Å². The molecule has 2 atom stereocenters. The highest BCUT2D eigenvalue weighted by atomic mass is 35.5. The van der Waals surface area contributed by atoms with Crippen molar-refractivity contribution >= 4 is 18.3 Å². The van der Waals surface area contributed by atoms with Gasteiger partial charge in [0.05, 0.1) is 18.8 Å². The average Bonchev–Trinajstić information content (AvgIpc) is 3.01. The zero-order chi connectivity index (χ0) is 15.2. The number of carbonyl (C=O) groups excluding carboxylic acids is 1. The van der Waals surface area contributed by atoms with E-state index in [2.05, 4.69) is 0 Å². The second-order valence-corrected chi connectivity index (χ2v) is 5.02. The molecule has 3 N–H and O–H groups in total. The normalized spacial score (nSPS) is 13.0. The van der Waals surface area contributed by atoms with Crippen molar-refractivity contribution in [1.29, 1.82) is 0 Å². The van der Waals surface area contributed by atoms with Crippen LogP contribution in [0, 0.1) is 0 Å². The number of hydrogen-bond acceptors (Lipinski definition) is 4. The van der Waals surface area contributed by atoms with Gasteiger partial charge in [0.15, 0.2) is 0 Å². The third-order valence-electron chi connectivity index (χ3n) is 3.18. The number of aliphatic hydroxyl groups is 1. The lowest BCUT2D eigenvalue weighted by Gasteiger charge is -2.26. The lowest BCUT2D eigenvalue weighted by molar-refractivity contribution is -0.134. The maximum Gasteiger partial charge on any atom is 0.239 e. The molecule has 2 rings (SSSR count). The van der Waals surface area contributed by atoms with Gasteiger partial charge in [-0.1, -0.05) is 30.3 Å². The molecule has 0 spiro atoms. The molecular formula is C16H21ClN2O3. The van der Waals surface area contributed by atoms with Crippen LogP contribution in [0.15, 0.2) is 53.1 Å². The van der Waals surface area contributed by atoms with E-state index in [1.165, 1.54) is 6.26 Å². The number of benzene rings is 1. The maximum atomic E-state index is 12.2. The van der Waals surface area contributed by atoms with Crippen LogP contribution in [0.25, 0.3) is 0 Å². The van der Waals surface area contributed by atoms with E-state index in [0.717, 1.165) is 5.56 Å². The molecule has 0 saturated heterocycles. The Morgan fingerprint density at radius 3 is 2.50 bits per heavy atom. The van der Waals surface area contributed by atoms with Crippen LogP contribution >= 0.6 is 12.4 Å². The number of rotatable bonds is 6. The molecule has 0 saturated carbocycles. The highest BCUT2D eigenvalue weighted by molar-refractivity contribution is 5.85. The number of halogens is 1. The second-order valence-electron chi connectivity index (χ2n) is 5.02. The Hall–Kier alpha value is -1.82. The summed E-state index contributed by atoms with van der Waals surface area (Å²) in [5, 5.41) is 10.2. The van der Waals surface area contributed by atoms with Gasteiger partial charge in [-0.2, -0.15) is 0 Å². The number of nitrogens with zero attached hydrogens (tertiary/aromatic N) is 1. The molecule has 0 radical (unpaired) electrons. The van der Waals surface area contributed by atoms with Crippen molar-refractivity contribution in [2.24, 2.45) is 5.73 Å². The molecule has 6 heteroatoms. The monoisotopic (exact) mass is 324 g/mol. The molecule has 0 bridgehead atoms. The molecular weight excluding hydrogens is 304 g/mol. The highest BCUT2D eigenvalue weighted by Gasteiger charge is 2.22. The van der Waals surface area contributed by atoms with E-state index in [1.807, 2.05) is 30.3 Å². The Morgan fingerprint density at radius 1 is 1.27 bits per heavy atom. The van der Waals surface area contributed by atoms with Crippen LogP contribution in [-0.2, 0) is 11.3 Å². The Kier molecular flexibility index (Phi) is 7.11. The molecule has 1 amide bonds. The Balaban J connectivity index is 0.00000242. The van der Waals surface area contributed by atoms with Gasteiger partial charge in [0.1, 0.15) is 11.9 Å². The zero-order valence-electron chi connectivity index (χ0n) is 12.4.